The quantitative estimate of drug-likeness (QED) is 0.765. The maximum absolute atomic E-state index is 11.5. The molecule has 0 unspecified atom stereocenters. The summed E-state index contributed by atoms with van der Waals surface area (Å²) in [6.45, 7) is 11.4. The molecule has 0 saturated heterocycles. The first-order valence-corrected chi connectivity index (χ1v) is 5.68. The van der Waals surface area contributed by atoms with Gasteiger partial charge in [-0.05, 0) is 20.3 Å². The monoisotopic (exact) mass is 228 g/mol. The number of carbonyl (C=O) groups excluding carboxylic acids is 2. The van der Waals surface area contributed by atoms with E-state index in [-0.39, 0.29) is 23.9 Å². The minimum atomic E-state index is -0.458. The number of amides is 2. The van der Waals surface area contributed by atoms with Crippen molar-refractivity contribution in [2.45, 2.75) is 53.5 Å². The maximum Gasteiger partial charge on any atom is 0.239 e. The SMILES string of the molecule is CCC(C)(C)NC(=O)CNC(=O)C(C)(C)C. The molecule has 0 aliphatic heterocycles. The summed E-state index contributed by atoms with van der Waals surface area (Å²) in [5.74, 6) is -0.263. The van der Waals surface area contributed by atoms with Crippen LogP contribution in [0.5, 0.6) is 0 Å². The minimum Gasteiger partial charge on any atom is -0.350 e. The molecule has 0 rings (SSSR count). The Labute approximate surface area is 98.2 Å². The van der Waals surface area contributed by atoms with E-state index in [9.17, 15) is 9.59 Å². The van der Waals surface area contributed by atoms with E-state index >= 15 is 0 Å². The van der Waals surface area contributed by atoms with E-state index in [1.54, 1.807) is 0 Å². The maximum atomic E-state index is 11.5. The summed E-state index contributed by atoms with van der Waals surface area (Å²) in [6, 6.07) is 0. The molecule has 94 valence electrons. The van der Waals surface area contributed by atoms with Crippen molar-refractivity contribution in [2.24, 2.45) is 5.41 Å². The van der Waals surface area contributed by atoms with Crippen LogP contribution in [0.3, 0.4) is 0 Å². The van der Waals surface area contributed by atoms with E-state index in [0.29, 0.717) is 0 Å². The number of carbonyl (C=O) groups is 2. The van der Waals surface area contributed by atoms with E-state index in [0.717, 1.165) is 6.42 Å². The lowest BCUT2D eigenvalue weighted by Crippen LogP contribution is -2.48. The zero-order chi connectivity index (χ0) is 13.0. The second-order valence-corrected chi connectivity index (χ2v) is 5.72. The Morgan fingerprint density at radius 2 is 1.56 bits per heavy atom. The zero-order valence-corrected chi connectivity index (χ0v) is 11.2. The molecule has 2 amide bonds. The van der Waals surface area contributed by atoms with E-state index in [2.05, 4.69) is 10.6 Å². The van der Waals surface area contributed by atoms with Crippen LogP contribution in [0.15, 0.2) is 0 Å². The van der Waals surface area contributed by atoms with Gasteiger partial charge in [-0.3, -0.25) is 9.59 Å². The number of nitrogens with one attached hydrogen (secondary N) is 2. The molecule has 4 nitrogen and oxygen atoms in total. The number of hydrogen-bond acceptors (Lipinski definition) is 2. The molecule has 0 heterocycles. The molecule has 0 aromatic heterocycles. The fourth-order valence-electron chi connectivity index (χ4n) is 0.936. The lowest BCUT2D eigenvalue weighted by Gasteiger charge is -2.25. The third-order valence-corrected chi connectivity index (χ3v) is 2.45. The molecule has 0 saturated carbocycles. The molecule has 0 fully saturated rings. The Morgan fingerprint density at radius 3 is 1.94 bits per heavy atom. The Bertz CT molecular complexity index is 265. The van der Waals surface area contributed by atoms with E-state index in [4.69, 9.17) is 0 Å². The lowest BCUT2D eigenvalue weighted by molar-refractivity contribution is -0.131. The van der Waals surface area contributed by atoms with Gasteiger partial charge in [-0.1, -0.05) is 27.7 Å². The van der Waals surface area contributed by atoms with Crippen molar-refractivity contribution >= 4 is 11.8 Å². The predicted molar refractivity (Wildman–Crippen MR) is 65.0 cm³/mol. The fourth-order valence-corrected chi connectivity index (χ4v) is 0.936. The van der Waals surface area contributed by atoms with Gasteiger partial charge in [-0.25, -0.2) is 0 Å². The summed E-state index contributed by atoms with van der Waals surface area (Å²) < 4.78 is 0. The van der Waals surface area contributed by atoms with Crippen LogP contribution in [0, 0.1) is 5.41 Å². The molecule has 0 radical (unpaired) electrons. The highest BCUT2D eigenvalue weighted by molar-refractivity contribution is 5.87. The second kappa shape index (κ2) is 5.32. The Kier molecular flexibility index (Phi) is 4.97. The Hall–Kier alpha value is -1.06. The number of hydrogen-bond donors (Lipinski definition) is 2. The van der Waals surface area contributed by atoms with Crippen molar-refractivity contribution in [3.8, 4) is 0 Å². The Morgan fingerprint density at radius 1 is 1.06 bits per heavy atom. The van der Waals surface area contributed by atoms with Gasteiger partial charge in [0, 0.05) is 11.0 Å². The molecule has 0 spiro atoms. The highest BCUT2D eigenvalue weighted by Gasteiger charge is 2.22. The van der Waals surface area contributed by atoms with Gasteiger partial charge < -0.3 is 10.6 Å². The van der Waals surface area contributed by atoms with Crippen LogP contribution in [0.25, 0.3) is 0 Å². The summed E-state index contributed by atoms with van der Waals surface area (Å²) in [7, 11) is 0. The van der Waals surface area contributed by atoms with Gasteiger partial charge in [-0.2, -0.15) is 0 Å². The minimum absolute atomic E-state index is 0.0412. The van der Waals surface area contributed by atoms with E-state index < -0.39 is 5.41 Å². The molecule has 0 aliphatic carbocycles. The number of rotatable bonds is 4. The van der Waals surface area contributed by atoms with Crippen molar-refractivity contribution in [2.75, 3.05) is 6.54 Å². The average molecular weight is 228 g/mol. The highest BCUT2D eigenvalue weighted by atomic mass is 16.2. The smallest absolute Gasteiger partial charge is 0.239 e. The third-order valence-electron chi connectivity index (χ3n) is 2.45. The zero-order valence-electron chi connectivity index (χ0n) is 11.2. The van der Waals surface area contributed by atoms with Crippen molar-refractivity contribution in [3.05, 3.63) is 0 Å². The molecular formula is C12H24N2O2. The second-order valence-electron chi connectivity index (χ2n) is 5.72. The third kappa shape index (κ3) is 5.73. The van der Waals surface area contributed by atoms with Crippen LogP contribution in [-0.2, 0) is 9.59 Å². The topological polar surface area (TPSA) is 58.2 Å². The van der Waals surface area contributed by atoms with Gasteiger partial charge in [0.05, 0.1) is 6.54 Å². The normalized spacial score (nSPS) is 12.1. The van der Waals surface area contributed by atoms with Crippen LogP contribution < -0.4 is 10.6 Å². The van der Waals surface area contributed by atoms with Crippen molar-refractivity contribution in [1.82, 2.24) is 10.6 Å². The van der Waals surface area contributed by atoms with Gasteiger partial charge in [0.15, 0.2) is 0 Å². The van der Waals surface area contributed by atoms with E-state index in [1.807, 2.05) is 41.5 Å². The largest absolute Gasteiger partial charge is 0.350 e. The van der Waals surface area contributed by atoms with Gasteiger partial charge >= 0.3 is 0 Å². The van der Waals surface area contributed by atoms with Crippen LogP contribution in [0.2, 0.25) is 0 Å². The molecule has 4 heteroatoms. The summed E-state index contributed by atoms with van der Waals surface area (Å²) in [5, 5.41) is 5.48. The van der Waals surface area contributed by atoms with Crippen molar-refractivity contribution < 1.29 is 9.59 Å². The van der Waals surface area contributed by atoms with Gasteiger partial charge in [0.1, 0.15) is 0 Å². The lowest BCUT2D eigenvalue weighted by atomic mass is 9.96. The van der Waals surface area contributed by atoms with Crippen LogP contribution in [-0.4, -0.2) is 23.9 Å². The van der Waals surface area contributed by atoms with Crippen LogP contribution in [0.1, 0.15) is 48.0 Å². The molecule has 0 aromatic carbocycles. The highest BCUT2D eigenvalue weighted by Crippen LogP contribution is 2.12. The summed E-state index contributed by atoms with van der Waals surface area (Å²) in [5.41, 5.74) is -0.676. The molecular weight excluding hydrogens is 204 g/mol. The summed E-state index contributed by atoms with van der Waals surface area (Å²) >= 11 is 0. The van der Waals surface area contributed by atoms with Crippen molar-refractivity contribution in [1.29, 1.82) is 0 Å². The molecule has 16 heavy (non-hydrogen) atoms. The predicted octanol–water partition coefficient (Wildman–Crippen LogP) is 1.45. The first-order chi connectivity index (χ1) is 7.08. The molecule has 0 aromatic rings. The van der Waals surface area contributed by atoms with Gasteiger partial charge in [0.25, 0.3) is 0 Å². The summed E-state index contributed by atoms with van der Waals surface area (Å²) in [6.07, 6.45) is 0.853. The Balaban J connectivity index is 4.06. The van der Waals surface area contributed by atoms with E-state index in [1.165, 1.54) is 0 Å². The first kappa shape index (κ1) is 14.9. The van der Waals surface area contributed by atoms with Crippen LogP contribution >= 0.6 is 0 Å². The van der Waals surface area contributed by atoms with Crippen LogP contribution in [0.4, 0.5) is 0 Å². The van der Waals surface area contributed by atoms with Gasteiger partial charge in [-0.15, -0.1) is 0 Å². The van der Waals surface area contributed by atoms with Gasteiger partial charge in [0.2, 0.25) is 11.8 Å². The molecule has 0 bridgehead atoms. The van der Waals surface area contributed by atoms with Crippen molar-refractivity contribution in [3.63, 3.8) is 0 Å². The molecule has 2 N–H and O–H groups in total. The average Bonchev–Trinajstić information content (AvgIpc) is 2.12. The standard InChI is InChI=1S/C12H24N2O2/c1-7-12(5,6)14-9(15)8-13-10(16)11(2,3)4/h7-8H2,1-6H3,(H,13,16)(H,14,15). The molecule has 0 atom stereocenters. The fraction of sp³-hybridized carbons (Fsp3) is 0.833. The molecule has 0 aliphatic rings. The first-order valence-electron chi connectivity index (χ1n) is 5.68. The summed E-state index contributed by atoms with van der Waals surface area (Å²) in [4.78, 5) is 23.0.